The average Bonchev–Trinajstić information content (AvgIpc) is 2.26. The highest BCUT2D eigenvalue weighted by atomic mass is 35.5. The Bertz CT molecular complexity index is 190. The molecule has 0 aromatic rings. The van der Waals surface area contributed by atoms with Gasteiger partial charge in [-0.1, -0.05) is 0 Å². The number of hydrogen-bond donors (Lipinski definition) is 2. The fourth-order valence-corrected chi connectivity index (χ4v) is 1.36. The number of carbonyl (C=O) groups excluding carboxylic acids is 1. The van der Waals surface area contributed by atoms with Gasteiger partial charge >= 0.3 is 0 Å². The standard InChI is InChI=1S/C9H19N3O2.2ClH/c1-10-3-5-12(2)9(13)8-7-11-4-6-14-8;;/h8,10-11H,3-7H2,1-2H3;2*1H/t8-;;/m1../s1. The largest absolute Gasteiger partial charge is 0.366 e. The summed E-state index contributed by atoms with van der Waals surface area (Å²) in [4.78, 5) is 13.4. The van der Waals surface area contributed by atoms with Gasteiger partial charge in [0.25, 0.3) is 5.91 Å². The van der Waals surface area contributed by atoms with Crippen molar-refractivity contribution in [1.29, 1.82) is 0 Å². The zero-order valence-electron chi connectivity index (χ0n) is 9.69. The molecule has 0 aliphatic carbocycles. The number of likely N-dealkylation sites (N-methyl/N-ethyl adjacent to an activating group) is 2. The summed E-state index contributed by atoms with van der Waals surface area (Å²) >= 11 is 0. The van der Waals surface area contributed by atoms with Gasteiger partial charge in [-0.25, -0.2) is 0 Å². The molecular formula is C9H21Cl2N3O2. The predicted molar refractivity (Wildman–Crippen MR) is 68.7 cm³/mol. The molecular weight excluding hydrogens is 253 g/mol. The zero-order valence-corrected chi connectivity index (χ0v) is 11.3. The molecule has 16 heavy (non-hydrogen) atoms. The molecule has 1 saturated heterocycles. The maximum atomic E-state index is 11.7. The first-order valence-electron chi connectivity index (χ1n) is 4.97. The molecule has 1 aliphatic heterocycles. The number of morpholine rings is 1. The monoisotopic (exact) mass is 273 g/mol. The van der Waals surface area contributed by atoms with Gasteiger partial charge in [0.15, 0.2) is 0 Å². The quantitative estimate of drug-likeness (QED) is 0.725. The summed E-state index contributed by atoms with van der Waals surface area (Å²) in [6.45, 7) is 3.61. The van der Waals surface area contributed by atoms with Crippen molar-refractivity contribution in [2.75, 3.05) is 46.9 Å². The molecule has 1 atom stereocenters. The van der Waals surface area contributed by atoms with E-state index < -0.39 is 0 Å². The van der Waals surface area contributed by atoms with Crippen LogP contribution in [0.1, 0.15) is 0 Å². The lowest BCUT2D eigenvalue weighted by Crippen LogP contribution is -2.49. The summed E-state index contributed by atoms with van der Waals surface area (Å²) in [5.41, 5.74) is 0. The van der Waals surface area contributed by atoms with E-state index in [-0.39, 0.29) is 36.8 Å². The van der Waals surface area contributed by atoms with E-state index in [0.29, 0.717) is 13.2 Å². The Morgan fingerprint density at radius 3 is 2.75 bits per heavy atom. The van der Waals surface area contributed by atoms with Gasteiger partial charge in [0, 0.05) is 33.2 Å². The predicted octanol–water partition coefficient (Wildman–Crippen LogP) is -0.504. The molecule has 0 unspecified atom stereocenters. The van der Waals surface area contributed by atoms with Crippen LogP contribution in [0.5, 0.6) is 0 Å². The topological polar surface area (TPSA) is 53.6 Å². The molecule has 2 N–H and O–H groups in total. The molecule has 1 heterocycles. The minimum absolute atomic E-state index is 0. The van der Waals surface area contributed by atoms with Crippen LogP contribution in [0.4, 0.5) is 0 Å². The van der Waals surface area contributed by atoms with Crippen molar-refractivity contribution in [2.45, 2.75) is 6.10 Å². The number of ether oxygens (including phenoxy) is 1. The van der Waals surface area contributed by atoms with Gasteiger partial charge in [-0.2, -0.15) is 0 Å². The molecule has 0 radical (unpaired) electrons. The van der Waals surface area contributed by atoms with Gasteiger partial charge in [-0.15, -0.1) is 24.8 Å². The number of halogens is 2. The lowest BCUT2D eigenvalue weighted by atomic mass is 10.2. The van der Waals surface area contributed by atoms with Crippen molar-refractivity contribution in [3.8, 4) is 0 Å². The van der Waals surface area contributed by atoms with E-state index in [0.717, 1.165) is 19.6 Å². The summed E-state index contributed by atoms with van der Waals surface area (Å²) in [6, 6.07) is 0. The highest BCUT2D eigenvalue weighted by Crippen LogP contribution is 2.00. The van der Waals surface area contributed by atoms with Crippen LogP contribution in [0.3, 0.4) is 0 Å². The molecule has 0 bridgehead atoms. The number of nitrogens with one attached hydrogen (secondary N) is 2. The van der Waals surface area contributed by atoms with Gasteiger partial charge in [-0.3, -0.25) is 4.79 Å². The van der Waals surface area contributed by atoms with Crippen LogP contribution >= 0.6 is 24.8 Å². The lowest BCUT2D eigenvalue weighted by molar-refractivity contribution is -0.143. The summed E-state index contributed by atoms with van der Waals surface area (Å²) in [6.07, 6.45) is -0.300. The number of amides is 1. The zero-order chi connectivity index (χ0) is 10.4. The third-order valence-corrected chi connectivity index (χ3v) is 2.28. The van der Waals surface area contributed by atoms with Gasteiger partial charge in [0.05, 0.1) is 6.61 Å². The second-order valence-corrected chi connectivity index (χ2v) is 3.43. The number of hydrogen-bond acceptors (Lipinski definition) is 4. The SMILES string of the molecule is CNCCN(C)C(=O)[C@H]1CNCCO1.Cl.Cl. The fraction of sp³-hybridized carbons (Fsp3) is 0.889. The van der Waals surface area contributed by atoms with E-state index in [4.69, 9.17) is 4.74 Å². The van der Waals surface area contributed by atoms with Crippen LogP contribution in [-0.2, 0) is 9.53 Å². The highest BCUT2D eigenvalue weighted by Gasteiger charge is 2.24. The Morgan fingerprint density at radius 1 is 1.56 bits per heavy atom. The van der Waals surface area contributed by atoms with E-state index in [9.17, 15) is 4.79 Å². The third-order valence-electron chi connectivity index (χ3n) is 2.28. The fourth-order valence-electron chi connectivity index (χ4n) is 1.36. The maximum absolute atomic E-state index is 11.7. The first-order valence-corrected chi connectivity index (χ1v) is 4.97. The Morgan fingerprint density at radius 2 is 2.25 bits per heavy atom. The van der Waals surface area contributed by atoms with Crippen molar-refractivity contribution in [1.82, 2.24) is 15.5 Å². The third kappa shape index (κ3) is 5.86. The van der Waals surface area contributed by atoms with E-state index >= 15 is 0 Å². The summed E-state index contributed by atoms with van der Waals surface area (Å²) in [5.74, 6) is 0.0625. The van der Waals surface area contributed by atoms with Crippen molar-refractivity contribution >= 4 is 30.7 Å². The molecule has 0 aromatic heterocycles. The van der Waals surface area contributed by atoms with Crippen molar-refractivity contribution in [2.24, 2.45) is 0 Å². The van der Waals surface area contributed by atoms with Crippen LogP contribution in [-0.4, -0.2) is 63.8 Å². The molecule has 0 aromatic carbocycles. The van der Waals surface area contributed by atoms with E-state index in [1.165, 1.54) is 0 Å². The smallest absolute Gasteiger partial charge is 0.252 e. The van der Waals surface area contributed by atoms with Crippen molar-refractivity contribution in [3.63, 3.8) is 0 Å². The Labute approximate surface area is 109 Å². The highest BCUT2D eigenvalue weighted by molar-refractivity contribution is 5.85. The molecule has 0 spiro atoms. The van der Waals surface area contributed by atoms with Gasteiger partial charge in [0.2, 0.25) is 0 Å². The maximum Gasteiger partial charge on any atom is 0.252 e. The first kappa shape index (κ1) is 18.3. The van der Waals surface area contributed by atoms with Gasteiger partial charge in [-0.05, 0) is 7.05 Å². The number of rotatable bonds is 4. The minimum Gasteiger partial charge on any atom is -0.366 e. The number of nitrogens with zero attached hydrogens (tertiary/aromatic N) is 1. The second kappa shape index (κ2) is 10.1. The normalized spacial score (nSPS) is 19.2. The molecule has 1 aliphatic rings. The van der Waals surface area contributed by atoms with Crippen LogP contribution in [0.25, 0.3) is 0 Å². The minimum atomic E-state index is -0.300. The molecule has 1 fully saturated rings. The molecule has 0 saturated carbocycles. The Kier molecular flexibility index (Phi) is 11.6. The van der Waals surface area contributed by atoms with E-state index in [2.05, 4.69) is 10.6 Å². The molecule has 1 rings (SSSR count). The molecule has 7 heteroatoms. The summed E-state index contributed by atoms with van der Waals surface area (Å²) < 4.78 is 5.37. The van der Waals surface area contributed by atoms with Crippen LogP contribution < -0.4 is 10.6 Å². The Balaban J connectivity index is 0. The van der Waals surface area contributed by atoms with Crippen molar-refractivity contribution < 1.29 is 9.53 Å². The Hall–Kier alpha value is -0.0700. The number of carbonyl (C=O) groups is 1. The van der Waals surface area contributed by atoms with Gasteiger partial charge in [0.1, 0.15) is 6.10 Å². The summed E-state index contributed by atoms with van der Waals surface area (Å²) in [7, 11) is 3.68. The first-order chi connectivity index (χ1) is 6.75. The molecule has 1 amide bonds. The van der Waals surface area contributed by atoms with Crippen LogP contribution in [0.2, 0.25) is 0 Å². The average molecular weight is 274 g/mol. The van der Waals surface area contributed by atoms with E-state index in [1.54, 1.807) is 11.9 Å². The van der Waals surface area contributed by atoms with Crippen LogP contribution in [0.15, 0.2) is 0 Å². The van der Waals surface area contributed by atoms with Crippen molar-refractivity contribution in [3.05, 3.63) is 0 Å². The van der Waals surface area contributed by atoms with E-state index in [1.807, 2.05) is 7.05 Å². The summed E-state index contributed by atoms with van der Waals surface area (Å²) in [5, 5.41) is 6.14. The van der Waals surface area contributed by atoms with Crippen LogP contribution in [0, 0.1) is 0 Å². The second-order valence-electron chi connectivity index (χ2n) is 3.43. The lowest BCUT2D eigenvalue weighted by Gasteiger charge is -2.27. The molecule has 5 nitrogen and oxygen atoms in total. The van der Waals surface area contributed by atoms with Gasteiger partial charge < -0.3 is 20.3 Å². The molecule has 98 valence electrons.